The minimum Gasteiger partial charge on any atom is -0.382 e. The fourth-order valence-corrected chi connectivity index (χ4v) is 7.06. The third-order valence-electron chi connectivity index (χ3n) is 8.18. The van der Waals surface area contributed by atoms with Crippen molar-refractivity contribution in [2.45, 2.75) is 81.9 Å². The number of amides is 2. The van der Waals surface area contributed by atoms with Gasteiger partial charge in [-0.15, -0.1) is 0 Å². The van der Waals surface area contributed by atoms with E-state index in [1.807, 2.05) is 0 Å². The summed E-state index contributed by atoms with van der Waals surface area (Å²) < 4.78 is 27.3. The minimum absolute atomic E-state index is 0.0588. The van der Waals surface area contributed by atoms with Gasteiger partial charge in [0.1, 0.15) is 0 Å². The van der Waals surface area contributed by atoms with Crippen molar-refractivity contribution in [2.75, 3.05) is 60.0 Å². The lowest BCUT2D eigenvalue weighted by Crippen LogP contribution is -2.62. The molecule has 4 bridgehead atoms. The summed E-state index contributed by atoms with van der Waals surface area (Å²) in [5, 5.41) is 6.71. The molecule has 5 saturated carbocycles. The summed E-state index contributed by atoms with van der Waals surface area (Å²) in [6.45, 7) is 4.68. The van der Waals surface area contributed by atoms with Gasteiger partial charge in [0.15, 0.2) is 0 Å². The van der Waals surface area contributed by atoms with Crippen molar-refractivity contribution in [1.29, 1.82) is 0 Å². The van der Waals surface area contributed by atoms with Crippen molar-refractivity contribution < 1.29 is 28.5 Å². The maximum Gasteiger partial charge on any atom is 0.315 e. The van der Waals surface area contributed by atoms with Crippen LogP contribution in [-0.2, 0) is 23.7 Å². The number of hydrogen-bond donors (Lipinski definition) is 2. The Bertz CT molecular complexity index is 575. The molecule has 2 amide bonds. The van der Waals surface area contributed by atoms with Crippen molar-refractivity contribution in [3.8, 4) is 0 Å². The van der Waals surface area contributed by atoms with Crippen molar-refractivity contribution >= 4 is 6.03 Å². The summed E-state index contributed by atoms with van der Waals surface area (Å²) in [5.74, 6) is 2.55. The van der Waals surface area contributed by atoms with Gasteiger partial charge in [-0.25, -0.2) is 4.79 Å². The molecule has 0 spiro atoms. The van der Waals surface area contributed by atoms with Gasteiger partial charge in [0.25, 0.3) is 0 Å². The number of nitrogens with one attached hydrogen (secondary N) is 2. The van der Waals surface area contributed by atoms with Gasteiger partial charge in [-0.2, -0.15) is 0 Å². The fourth-order valence-electron chi connectivity index (χ4n) is 7.06. The maximum atomic E-state index is 12.8. The predicted molar refractivity (Wildman–Crippen MR) is 129 cm³/mol. The summed E-state index contributed by atoms with van der Waals surface area (Å²) in [7, 11) is 1.66. The molecule has 0 atom stereocenters. The lowest BCUT2D eigenvalue weighted by atomic mass is 9.53. The van der Waals surface area contributed by atoms with Crippen LogP contribution >= 0.6 is 0 Å². The number of carbonyl (C=O) groups excluding carboxylic acids is 1. The zero-order valence-corrected chi connectivity index (χ0v) is 21.1. The average molecular weight is 483 g/mol. The van der Waals surface area contributed by atoms with E-state index in [9.17, 15) is 4.79 Å². The van der Waals surface area contributed by atoms with Crippen molar-refractivity contribution in [3.63, 3.8) is 0 Å². The second-order valence-electron chi connectivity index (χ2n) is 11.0. The SMILES string of the molecule is COCCOCCOCCOCCOC1CCC(NC(=O)NC23CC4CC(CC(C4)C2)C3)CC1. The van der Waals surface area contributed by atoms with Crippen LogP contribution < -0.4 is 10.6 Å². The molecule has 0 saturated heterocycles. The first-order valence-corrected chi connectivity index (χ1v) is 13.6. The molecule has 196 valence electrons. The Morgan fingerprint density at radius 3 is 1.76 bits per heavy atom. The summed E-state index contributed by atoms with van der Waals surface area (Å²) >= 11 is 0. The second-order valence-corrected chi connectivity index (χ2v) is 11.0. The number of urea groups is 1. The number of carbonyl (C=O) groups is 1. The van der Waals surface area contributed by atoms with E-state index in [0.29, 0.717) is 52.9 Å². The Hall–Kier alpha value is -0.930. The van der Waals surface area contributed by atoms with Crippen LogP contribution in [-0.4, -0.2) is 83.7 Å². The first-order chi connectivity index (χ1) is 16.6. The van der Waals surface area contributed by atoms with Gasteiger partial charge in [-0.05, 0) is 82.0 Å². The first kappa shape index (κ1) is 26.1. The largest absolute Gasteiger partial charge is 0.382 e. The molecule has 5 aliphatic carbocycles. The molecule has 8 heteroatoms. The Morgan fingerprint density at radius 1 is 0.735 bits per heavy atom. The normalized spacial score (nSPS) is 34.3. The van der Waals surface area contributed by atoms with E-state index in [1.165, 1.54) is 38.5 Å². The standard InChI is InChI=1S/C26H46N2O6/c1-30-6-7-31-8-9-32-10-11-33-12-13-34-24-4-2-23(3-5-24)27-25(29)28-26-17-20-14-21(18-26)16-22(15-20)19-26/h20-24H,2-19H2,1H3,(H2,27,28,29). The third kappa shape index (κ3) is 8.05. The molecule has 0 heterocycles. The summed E-state index contributed by atoms with van der Waals surface area (Å²) in [6.07, 6.45) is 12.0. The van der Waals surface area contributed by atoms with Gasteiger partial charge >= 0.3 is 6.03 Å². The van der Waals surface area contributed by atoms with Crippen LogP contribution in [0.25, 0.3) is 0 Å². The zero-order valence-electron chi connectivity index (χ0n) is 21.1. The summed E-state index contributed by atoms with van der Waals surface area (Å²) in [4.78, 5) is 12.8. The van der Waals surface area contributed by atoms with Gasteiger partial charge in [0.2, 0.25) is 0 Å². The van der Waals surface area contributed by atoms with Crippen LogP contribution in [0.2, 0.25) is 0 Å². The van der Waals surface area contributed by atoms with E-state index in [1.54, 1.807) is 7.11 Å². The van der Waals surface area contributed by atoms with Crippen LogP contribution in [0.15, 0.2) is 0 Å². The molecule has 0 radical (unpaired) electrons. The highest BCUT2D eigenvalue weighted by Crippen LogP contribution is 2.55. The van der Waals surface area contributed by atoms with Gasteiger partial charge in [0.05, 0.1) is 59.0 Å². The molecular weight excluding hydrogens is 436 g/mol. The van der Waals surface area contributed by atoms with E-state index in [-0.39, 0.29) is 23.7 Å². The molecule has 5 rings (SSSR count). The molecule has 34 heavy (non-hydrogen) atoms. The molecule has 2 N–H and O–H groups in total. The quantitative estimate of drug-likeness (QED) is 0.349. The monoisotopic (exact) mass is 482 g/mol. The van der Waals surface area contributed by atoms with Crippen molar-refractivity contribution in [1.82, 2.24) is 10.6 Å². The minimum atomic E-state index is 0.0588. The molecule has 0 aromatic heterocycles. The van der Waals surface area contributed by atoms with Gasteiger partial charge in [-0.3, -0.25) is 0 Å². The van der Waals surface area contributed by atoms with Crippen molar-refractivity contribution in [3.05, 3.63) is 0 Å². The zero-order chi connectivity index (χ0) is 23.6. The lowest BCUT2D eigenvalue weighted by Gasteiger charge is -2.56. The maximum absolute atomic E-state index is 12.8. The van der Waals surface area contributed by atoms with E-state index in [0.717, 1.165) is 43.4 Å². The molecule has 5 aliphatic rings. The number of methoxy groups -OCH3 is 1. The lowest BCUT2D eigenvalue weighted by molar-refractivity contribution is -0.0305. The summed E-state index contributed by atoms with van der Waals surface area (Å²) in [5.41, 5.74) is 0.0853. The smallest absolute Gasteiger partial charge is 0.315 e. The number of rotatable bonds is 15. The first-order valence-electron chi connectivity index (χ1n) is 13.6. The Morgan fingerprint density at radius 2 is 1.24 bits per heavy atom. The van der Waals surface area contributed by atoms with Crippen LogP contribution in [0.5, 0.6) is 0 Å². The molecule has 0 aromatic carbocycles. The molecule has 8 nitrogen and oxygen atoms in total. The molecule has 0 aromatic rings. The second kappa shape index (κ2) is 13.4. The van der Waals surface area contributed by atoms with Gasteiger partial charge in [-0.1, -0.05) is 0 Å². The molecular formula is C26H46N2O6. The van der Waals surface area contributed by atoms with Gasteiger partial charge in [0, 0.05) is 18.7 Å². The van der Waals surface area contributed by atoms with E-state index >= 15 is 0 Å². The Balaban J connectivity index is 0.985. The van der Waals surface area contributed by atoms with E-state index in [4.69, 9.17) is 23.7 Å². The number of hydrogen-bond acceptors (Lipinski definition) is 6. The highest BCUT2D eigenvalue weighted by Gasteiger charge is 2.51. The van der Waals surface area contributed by atoms with Crippen molar-refractivity contribution in [2.24, 2.45) is 17.8 Å². The highest BCUT2D eigenvalue weighted by atomic mass is 16.6. The molecule has 5 fully saturated rings. The van der Waals surface area contributed by atoms with Crippen LogP contribution in [0.4, 0.5) is 4.79 Å². The average Bonchev–Trinajstić information content (AvgIpc) is 2.79. The predicted octanol–water partition coefficient (Wildman–Crippen LogP) is 3.28. The Kier molecular flexibility index (Phi) is 10.3. The van der Waals surface area contributed by atoms with Crippen LogP contribution in [0, 0.1) is 17.8 Å². The summed E-state index contributed by atoms with van der Waals surface area (Å²) in [6, 6.07) is 0.323. The van der Waals surface area contributed by atoms with Gasteiger partial charge < -0.3 is 34.3 Å². The third-order valence-corrected chi connectivity index (χ3v) is 8.18. The number of ether oxygens (including phenoxy) is 5. The van der Waals surface area contributed by atoms with E-state index < -0.39 is 0 Å². The Labute approximate surface area is 205 Å². The fraction of sp³-hybridized carbons (Fsp3) is 0.962. The topological polar surface area (TPSA) is 87.3 Å². The highest BCUT2D eigenvalue weighted by molar-refractivity contribution is 5.75. The molecule has 0 unspecified atom stereocenters. The van der Waals surface area contributed by atoms with Crippen LogP contribution in [0.1, 0.15) is 64.2 Å². The van der Waals surface area contributed by atoms with Crippen LogP contribution in [0.3, 0.4) is 0 Å². The van der Waals surface area contributed by atoms with E-state index in [2.05, 4.69) is 10.6 Å². The molecule has 0 aliphatic heterocycles.